The lowest BCUT2D eigenvalue weighted by atomic mass is 10.2. The molecule has 0 aromatic rings. The molecule has 1 aliphatic rings. The minimum Gasteiger partial charge on any atom is -0.359 e. The molecule has 0 radical (unpaired) electrons. The summed E-state index contributed by atoms with van der Waals surface area (Å²) in [6, 6.07) is 0. The van der Waals surface area contributed by atoms with Crippen molar-refractivity contribution in [3.63, 3.8) is 0 Å². The number of hydrogen-bond donors (Lipinski definition) is 0. The minimum atomic E-state index is 0.162. The molecule has 1 rings (SSSR count). The van der Waals surface area contributed by atoms with Gasteiger partial charge in [0, 0.05) is 0 Å². The number of nitrogens with zero attached hydrogens (tertiary/aromatic N) is 1. The maximum absolute atomic E-state index is 5.48. The first-order valence-electron chi connectivity index (χ1n) is 4.27. The second-order valence-corrected chi connectivity index (χ2v) is 3.06. The Hall–Kier alpha value is -0.120. The first kappa shape index (κ1) is 8.97. The van der Waals surface area contributed by atoms with Crippen molar-refractivity contribution in [1.29, 1.82) is 0 Å². The molecule has 3 heteroatoms. The van der Waals surface area contributed by atoms with Gasteiger partial charge in [-0.1, -0.05) is 13.8 Å². The third-order valence-corrected chi connectivity index (χ3v) is 1.75. The zero-order chi connectivity index (χ0) is 8.27. The topological polar surface area (TPSA) is 21.7 Å². The van der Waals surface area contributed by atoms with Gasteiger partial charge in [-0.15, -0.1) is 0 Å². The van der Waals surface area contributed by atoms with Crippen molar-refractivity contribution in [1.82, 2.24) is 5.06 Å². The van der Waals surface area contributed by atoms with Crippen LogP contribution in [0.15, 0.2) is 0 Å². The minimum absolute atomic E-state index is 0.162. The molecule has 0 N–H and O–H groups in total. The predicted octanol–water partition coefficient (Wildman–Crippen LogP) is 1.25. The lowest BCUT2D eigenvalue weighted by Gasteiger charge is -2.24. The largest absolute Gasteiger partial charge is 0.359 e. The molecule has 1 saturated heterocycles. The Morgan fingerprint density at radius 2 is 2.36 bits per heavy atom. The van der Waals surface area contributed by atoms with E-state index in [4.69, 9.17) is 9.57 Å². The quantitative estimate of drug-likeness (QED) is 0.618. The summed E-state index contributed by atoms with van der Waals surface area (Å²) in [6.07, 6.45) is 0.162. The Kier molecular flexibility index (Phi) is 3.30. The van der Waals surface area contributed by atoms with E-state index in [-0.39, 0.29) is 6.23 Å². The normalized spacial score (nSPS) is 26.7. The molecule has 1 aliphatic heterocycles. The fourth-order valence-electron chi connectivity index (χ4n) is 1.30. The molecule has 0 aliphatic carbocycles. The van der Waals surface area contributed by atoms with E-state index in [1.807, 2.05) is 12.0 Å². The van der Waals surface area contributed by atoms with Crippen molar-refractivity contribution < 1.29 is 9.57 Å². The highest BCUT2D eigenvalue weighted by molar-refractivity contribution is 4.65. The van der Waals surface area contributed by atoms with Crippen LogP contribution in [0, 0.1) is 5.92 Å². The Balaban J connectivity index is 2.37. The fourth-order valence-corrected chi connectivity index (χ4v) is 1.30. The molecule has 0 aromatic heterocycles. The second kappa shape index (κ2) is 4.04. The zero-order valence-electron chi connectivity index (χ0n) is 7.54. The maximum Gasteiger partial charge on any atom is 0.135 e. The number of rotatable bonds is 3. The van der Waals surface area contributed by atoms with Gasteiger partial charge in [0.25, 0.3) is 0 Å². The van der Waals surface area contributed by atoms with Crippen LogP contribution in [0.5, 0.6) is 0 Å². The SMILES string of the molecule is CCON1CCOC1C(C)C. The molecule has 66 valence electrons. The molecule has 0 bridgehead atoms. The van der Waals surface area contributed by atoms with Gasteiger partial charge >= 0.3 is 0 Å². The lowest BCUT2D eigenvalue weighted by Crippen LogP contribution is -2.34. The molecule has 0 spiro atoms. The van der Waals surface area contributed by atoms with Gasteiger partial charge in [-0.05, 0) is 12.8 Å². The van der Waals surface area contributed by atoms with E-state index in [2.05, 4.69) is 13.8 Å². The Morgan fingerprint density at radius 3 is 2.91 bits per heavy atom. The molecule has 0 amide bonds. The summed E-state index contributed by atoms with van der Waals surface area (Å²) in [7, 11) is 0. The van der Waals surface area contributed by atoms with E-state index in [0.29, 0.717) is 5.92 Å². The average Bonchev–Trinajstić information content (AvgIpc) is 2.36. The molecule has 0 aromatic carbocycles. The number of ether oxygens (including phenoxy) is 1. The molecular weight excluding hydrogens is 142 g/mol. The molecule has 1 unspecified atom stereocenters. The van der Waals surface area contributed by atoms with Crippen molar-refractivity contribution >= 4 is 0 Å². The summed E-state index contributed by atoms with van der Waals surface area (Å²) in [4.78, 5) is 5.39. The average molecular weight is 159 g/mol. The van der Waals surface area contributed by atoms with Crippen LogP contribution in [0.25, 0.3) is 0 Å². The summed E-state index contributed by atoms with van der Waals surface area (Å²) in [6.45, 7) is 8.70. The van der Waals surface area contributed by atoms with Crippen molar-refractivity contribution in [2.45, 2.75) is 27.0 Å². The third-order valence-electron chi connectivity index (χ3n) is 1.75. The summed E-state index contributed by atoms with van der Waals surface area (Å²) in [5, 5.41) is 1.94. The highest BCUT2D eigenvalue weighted by Gasteiger charge is 2.28. The number of hydroxylamine groups is 2. The summed E-state index contributed by atoms with van der Waals surface area (Å²) >= 11 is 0. The van der Waals surface area contributed by atoms with Crippen molar-refractivity contribution in [3.05, 3.63) is 0 Å². The zero-order valence-corrected chi connectivity index (χ0v) is 7.54. The van der Waals surface area contributed by atoms with E-state index in [1.54, 1.807) is 0 Å². The molecule has 11 heavy (non-hydrogen) atoms. The van der Waals surface area contributed by atoms with Crippen LogP contribution in [-0.2, 0) is 9.57 Å². The smallest absolute Gasteiger partial charge is 0.135 e. The van der Waals surface area contributed by atoms with Gasteiger partial charge in [0.1, 0.15) is 6.23 Å². The van der Waals surface area contributed by atoms with E-state index in [9.17, 15) is 0 Å². The van der Waals surface area contributed by atoms with Crippen LogP contribution in [0.2, 0.25) is 0 Å². The van der Waals surface area contributed by atoms with Gasteiger partial charge in [0.2, 0.25) is 0 Å². The lowest BCUT2D eigenvalue weighted by molar-refractivity contribution is -0.211. The predicted molar refractivity (Wildman–Crippen MR) is 42.9 cm³/mol. The standard InChI is InChI=1S/C8H17NO2/c1-4-11-9-5-6-10-8(9)7(2)3/h7-8H,4-6H2,1-3H3. The Morgan fingerprint density at radius 1 is 1.64 bits per heavy atom. The molecule has 1 heterocycles. The van der Waals surface area contributed by atoms with Crippen molar-refractivity contribution in [2.75, 3.05) is 19.8 Å². The second-order valence-electron chi connectivity index (χ2n) is 3.06. The van der Waals surface area contributed by atoms with Crippen LogP contribution in [0.3, 0.4) is 0 Å². The van der Waals surface area contributed by atoms with Gasteiger partial charge in [-0.25, -0.2) is 0 Å². The van der Waals surface area contributed by atoms with Gasteiger partial charge in [-0.3, -0.25) is 4.84 Å². The van der Waals surface area contributed by atoms with Gasteiger partial charge in [0.05, 0.1) is 19.8 Å². The molecule has 1 fully saturated rings. The van der Waals surface area contributed by atoms with Crippen LogP contribution in [-0.4, -0.2) is 31.0 Å². The highest BCUT2D eigenvalue weighted by atomic mass is 16.7. The maximum atomic E-state index is 5.48. The first-order valence-corrected chi connectivity index (χ1v) is 4.27. The summed E-state index contributed by atoms with van der Waals surface area (Å²) < 4.78 is 5.48. The van der Waals surface area contributed by atoms with E-state index >= 15 is 0 Å². The van der Waals surface area contributed by atoms with E-state index in [0.717, 1.165) is 19.8 Å². The summed E-state index contributed by atoms with van der Waals surface area (Å²) in [5.74, 6) is 0.504. The van der Waals surface area contributed by atoms with Crippen LogP contribution < -0.4 is 0 Å². The first-order chi connectivity index (χ1) is 5.25. The summed E-state index contributed by atoms with van der Waals surface area (Å²) in [5.41, 5.74) is 0. The monoisotopic (exact) mass is 159 g/mol. The highest BCUT2D eigenvalue weighted by Crippen LogP contribution is 2.17. The molecule has 0 saturated carbocycles. The Labute approximate surface area is 68.2 Å². The van der Waals surface area contributed by atoms with Gasteiger partial charge in [0.15, 0.2) is 0 Å². The van der Waals surface area contributed by atoms with Crippen molar-refractivity contribution in [2.24, 2.45) is 5.92 Å². The van der Waals surface area contributed by atoms with Gasteiger partial charge in [-0.2, -0.15) is 5.06 Å². The van der Waals surface area contributed by atoms with Crippen LogP contribution in [0.1, 0.15) is 20.8 Å². The molecule has 3 nitrogen and oxygen atoms in total. The molecule has 1 atom stereocenters. The van der Waals surface area contributed by atoms with Crippen LogP contribution >= 0.6 is 0 Å². The van der Waals surface area contributed by atoms with E-state index in [1.165, 1.54) is 0 Å². The third kappa shape index (κ3) is 2.15. The van der Waals surface area contributed by atoms with Gasteiger partial charge < -0.3 is 4.74 Å². The number of hydrogen-bond acceptors (Lipinski definition) is 3. The van der Waals surface area contributed by atoms with Crippen molar-refractivity contribution in [3.8, 4) is 0 Å². The van der Waals surface area contributed by atoms with E-state index < -0.39 is 0 Å². The molecular formula is C8H17NO2. The Bertz CT molecular complexity index is 117. The van der Waals surface area contributed by atoms with Crippen LogP contribution in [0.4, 0.5) is 0 Å². The fraction of sp³-hybridized carbons (Fsp3) is 1.00.